The molecule has 0 aliphatic heterocycles. The Bertz CT molecular complexity index is 669. The van der Waals surface area contributed by atoms with Crippen molar-refractivity contribution in [1.82, 2.24) is 5.32 Å². The Morgan fingerprint density at radius 3 is 2.33 bits per heavy atom. The topological polar surface area (TPSA) is 91.6 Å². The summed E-state index contributed by atoms with van der Waals surface area (Å²) in [6.07, 6.45) is 0. The van der Waals surface area contributed by atoms with E-state index in [1.807, 2.05) is 13.8 Å². The molecule has 3 N–H and O–H groups in total. The monoisotopic (exact) mass is 446 g/mol. The number of amides is 1. The van der Waals surface area contributed by atoms with Gasteiger partial charge in [0.25, 0.3) is 5.91 Å². The van der Waals surface area contributed by atoms with E-state index >= 15 is 0 Å². The first kappa shape index (κ1) is 20.3. The molecule has 0 spiro atoms. The Balaban J connectivity index is 3.47. The zero-order chi connectivity index (χ0) is 18.4. The summed E-state index contributed by atoms with van der Waals surface area (Å²) in [5.74, 6) is 0.523. The van der Waals surface area contributed by atoms with Crippen molar-refractivity contribution in [2.75, 3.05) is 20.8 Å². The van der Waals surface area contributed by atoms with E-state index in [1.165, 1.54) is 7.11 Å². The first-order chi connectivity index (χ1) is 11.3. The van der Waals surface area contributed by atoms with Gasteiger partial charge in [0.1, 0.15) is 23.0 Å². The highest BCUT2D eigenvalue weighted by molar-refractivity contribution is 14.1. The van der Waals surface area contributed by atoms with Gasteiger partial charge in [-0.2, -0.15) is 0 Å². The number of rotatable bonds is 7. The molecule has 0 fully saturated rings. The van der Waals surface area contributed by atoms with Gasteiger partial charge in [-0.25, -0.2) is 0 Å². The van der Waals surface area contributed by atoms with E-state index in [2.05, 4.69) is 5.32 Å². The van der Waals surface area contributed by atoms with Gasteiger partial charge in [-0.15, -0.1) is 0 Å². The van der Waals surface area contributed by atoms with Crippen LogP contribution in [0.1, 0.15) is 37.8 Å². The highest BCUT2D eigenvalue weighted by Crippen LogP contribution is 2.37. The van der Waals surface area contributed by atoms with E-state index in [9.17, 15) is 9.90 Å². The summed E-state index contributed by atoms with van der Waals surface area (Å²) in [6.45, 7) is 6.20. The van der Waals surface area contributed by atoms with Crippen LogP contribution in [-0.4, -0.2) is 37.5 Å². The van der Waals surface area contributed by atoms with Gasteiger partial charge < -0.3 is 19.9 Å². The van der Waals surface area contributed by atoms with Crippen LogP contribution in [0.3, 0.4) is 0 Å². The largest absolute Gasteiger partial charge is 0.506 e. The van der Waals surface area contributed by atoms with Crippen molar-refractivity contribution in [3.05, 3.63) is 26.8 Å². The molecule has 0 bridgehead atoms. The minimum absolute atomic E-state index is 0.150. The van der Waals surface area contributed by atoms with Crippen LogP contribution in [-0.2, 0) is 4.79 Å². The SMILES string of the molecule is CCNC(=O)C(=N)/C(I)=C(\O)c1cc(C(C)C)c(OC)cc1OC. The van der Waals surface area contributed by atoms with Crippen LogP contribution in [0, 0.1) is 5.41 Å². The van der Waals surface area contributed by atoms with Crippen molar-refractivity contribution < 1.29 is 19.4 Å². The molecule has 132 valence electrons. The maximum absolute atomic E-state index is 11.8. The Morgan fingerprint density at radius 1 is 1.29 bits per heavy atom. The second-order valence-electron chi connectivity index (χ2n) is 5.35. The lowest BCUT2D eigenvalue weighted by Gasteiger charge is -2.17. The number of carbonyl (C=O) groups is 1. The molecule has 0 heterocycles. The second-order valence-corrected chi connectivity index (χ2v) is 6.42. The first-order valence-corrected chi connectivity index (χ1v) is 8.58. The van der Waals surface area contributed by atoms with Gasteiger partial charge in [0.05, 0.1) is 23.4 Å². The van der Waals surface area contributed by atoms with Crippen molar-refractivity contribution >= 4 is 40.0 Å². The fourth-order valence-electron chi connectivity index (χ4n) is 2.15. The molecule has 7 heteroatoms. The quantitative estimate of drug-likeness (QED) is 0.339. The van der Waals surface area contributed by atoms with Crippen LogP contribution < -0.4 is 14.8 Å². The van der Waals surface area contributed by atoms with Gasteiger partial charge in [0.15, 0.2) is 0 Å². The summed E-state index contributed by atoms with van der Waals surface area (Å²) in [5.41, 5.74) is 1.02. The normalized spacial score (nSPS) is 11.8. The van der Waals surface area contributed by atoms with Crippen molar-refractivity contribution in [3.63, 3.8) is 0 Å². The first-order valence-electron chi connectivity index (χ1n) is 7.50. The molecule has 0 aliphatic carbocycles. The summed E-state index contributed by atoms with van der Waals surface area (Å²) >= 11 is 1.79. The number of halogens is 1. The Hall–Kier alpha value is -1.77. The molecule has 1 aromatic carbocycles. The number of hydrogen-bond acceptors (Lipinski definition) is 5. The molecule has 0 atom stereocenters. The molecule has 0 unspecified atom stereocenters. The number of carbonyl (C=O) groups excluding carboxylic acids is 1. The molecule has 1 aromatic rings. The molecular weight excluding hydrogens is 423 g/mol. The summed E-state index contributed by atoms with van der Waals surface area (Å²) in [6, 6.07) is 3.46. The van der Waals surface area contributed by atoms with Crippen LogP contribution in [0.2, 0.25) is 0 Å². The smallest absolute Gasteiger partial charge is 0.270 e. The highest BCUT2D eigenvalue weighted by atomic mass is 127. The minimum atomic E-state index is -0.537. The number of methoxy groups -OCH3 is 2. The van der Waals surface area contributed by atoms with E-state index in [0.717, 1.165) is 5.56 Å². The molecule has 1 rings (SSSR count). The summed E-state index contributed by atoms with van der Waals surface area (Å²) in [4.78, 5) is 11.8. The van der Waals surface area contributed by atoms with Gasteiger partial charge in [-0.1, -0.05) is 13.8 Å². The van der Waals surface area contributed by atoms with E-state index in [4.69, 9.17) is 14.9 Å². The fraction of sp³-hybridized carbons (Fsp3) is 0.412. The zero-order valence-corrected chi connectivity index (χ0v) is 16.6. The van der Waals surface area contributed by atoms with E-state index in [-0.39, 0.29) is 21.0 Å². The number of aliphatic hydroxyl groups is 1. The fourth-order valence-corrected chi connectivity index (χ4v) is 2.68. The highest BCUT2D eigenvalue weighted by Gasteiger charge is 2.21. The molecule has 24 heavy (non-hydrogen) atoms. The number of aliphatic hydroxyl groups excluding tert-OH is 1. The summed E-state index contributed by atoms with van der Waals surface area (Å²) in [7, 11) is 3.06. The molecular formula is C17H23IN2O4. The third kappa shape index (κ3) is 4.40. The van der Waals surface area contributed by atoms with Crippen LogP contribution in [0.15, 0.2) is 15.7 Å². The standard InChI is InChI=1S/C17H23IN2O4/c1-6-20-17(22)15(19)14(18)16(21)11-7-10(9(2)3)12(23-4)8-13(11)24-5/h7-9,19,21H,6H2,1-5H3,(H,20,22)/b16-14+,19-15?. The van der Waals surface area contributed by atoms with Gasteiger partial charge in [0, 0.05) is 12.6 Å². The summed E-state index contributed by atoms with van der Waals surface area (Å²) < 4.78 is 10.9. The number of ether oxygens (including phenoxy) is 2. The third-order valence-corrected chi connectivity index (χ3v) is 4.47. The van der Waals surface area contributed by atoms with Gasteiger partial charge in [0.2, 0.25) is 0 Å². The average Bonchev–Trinajstić information content (AvgIpc) is 2.58. The van der Waals surface area contributed by atoms with E-state index in [0.29, 0.717) is 23.6 Å². The van der Waals surface area contributed by atoms with Crippen molar-refractivity contribution in [2.45, 2.75) is 26.7 Å². The minimum Gasteiger partial charge on any atom is -0.506 e. The van der Waals surface area contributed by atoms with Crippen LogP contribution >= 0.6 is 22.6 Å². The maximum atomic E-state index is 11.8. The number of hydrogen-bond donors (Lipinski definition) is 3. The van der Waals surface area contributed by atoms with Gasteiger partial charge >= 0.3 is 0 Å². The lowest BCUT2D eigenvalue weighted by Crippen LogP contribution is -2.30. The number of nitrogens with one attached hydrogen (secondary N) is 2. The van der Waals surface area contributed by atoms with Crippen molar-refractivity contribution in [2.24, 2.45) is 0 Å². The Kier molecular flexibility index (Phi) is 7.53. The van der Waals surface area contributed by atoms with Gasteiger partial charge in [-0.3, -0.25) is 10.2 Å². The molecule has 1 amide bonds. The van der Waals surface area contributed by atoms with Gasteiger partial charge in [-0.05, 0) is 47.1 Å². The molecule has 0 saturated carbocycles. The second kappa shape index (κ2) is 8.91. The Morgan fingerprint density at radius 2 is 1.88 bits per heavy atom. The predicted octanol–water partition coefficient (Wildman–Crippen LogP) is 3.64. The third-order valence-electron chi connectivity index (χ3n) is 3.42. The zero-order valence-electron chi connectivity index (χ0n) is 14.5. The molecule has 6 nitrogen and oxygen atoms in total. The molecule has 0 aromatic heterocycles. The lowest BCUT2D eigenvalue weighted by atomic mass is 9.97. The van der Waals surface area contributed by atoms with Crippen LogP contribution in [0.4, 0.5) is 0 Å². The molecule has 0 radical (unpaired) electrons. The van der Waals surface area contributed by atoms with Crippen LogP contribution in [0.25, 0.3) is 5.76 Å². The maximum Gasteiger partial charge on any atom is 0.270 e. The molecule has 0 aliphatic rings. The lowest BCUT2D eigenvalue weighted by molar-refractivity contribution is -0.114. The number of benzene rings is 1. The predicted molar refractivity (Wildman–Crippen MR) is 104 cm³/mol. The van der Waals surface area contributed by atoms with E-state index < -0.39 is 5.91 Å². The van der Waals surface area contributed by atoms with Crippen molar-refractivity contribution in [1.29, 1.82) is 5.41 Å². The van der Waals surface area contributed by atoms with E-state index in [1.54, 1.807) is 48.8 Å². The van der Waals surface area contributed by atoms with Crippen LogP contribution in [0.5, 0.6) is 11.5 Å². The molecule has 0 saturated heterocycles. The average molecular weight is 446 g/mol. The Labute approximate surface area is 155 Å². The van der Waals surface area contributed by atoms with Crippen molar-refractivity contribution in [3.8, 4) is 11.5 Å². The summed E-state index contributed by atoms with van der Waals surface area (Å²) in [5, 5.41) is 21.1.